The van der Waals surface area contributed by atoms with Gasteiger partial charge in [-0.05, 0) is 45.5 Å². The molecule has 1 aromatic rings. The summed E-state index contributed by atoms with van der Waals surface area (Å²) in [6.07, 6.45) is 3.08. The largest absolute Gasteiger partial charge is 0.352 e. The number of anilines is 1. The molecule has 1 saturated heterocycles. The van der Waals surface area contributed by atoms with Crippen molar-refractivity contribution in [1.82, 2.24) is 9.88 Å². The zero-order chi connectivity index (χ0) is 13.1. The van der Waals surface area contributed by atoms with Crippen LogP contribution in [-0.2, 0) is 6.54 Å². The third-order valence-electron chi connectivity index (χ3n) is 3.79. The van der Waals surface area contributed by atoms with Gasteiger partial charge in [0.05, 0.1) is 0 Å². The molecule has 2 heterocycles. The van der Waals surface area contributed by atoms with Gasteiger partial charge in [0.15, 0.2) is 0 Å². The minimum Gasteiger partial charge on any atom is -0.352 e. The van der Waals surface area contributed by atoms with Crippen LogP contribution >= 0.6 is 0 Å². The first-order valence-corrected chi connectivity index (χ1v) is 6.73. The summed E-state index contributed by atoms with van der Waals surface area (Å²) in [6.45, 7) is 8.25. The fourth-order valence-corrected chi connectivity index (χ4v) is 2.76. The highest BCUT2D eigenvalue weighted by Crippen LogP contribution is 2.24. The van der Waals surface area contributed by atoms with Crippen molar-refractivity contribution in [3.05, 3.63) is 23.4 Å². The molecule has 4 heteroatoms. The molecule has 0 aromatic carbocycles. The number of aryl methyl sites for hydroxylation is 1. The molecule has 0 saturated carbocycles. The second kappa shape index (κ2) is 5.67. The fourth-order valence-electron chi connectivity index (χ4n) is 2.76. The highest BCUT2D eigenvalue weighted by Gasteiger charge is 2.22. The lowest BCUT2D eigenvalue weighted by molar-refractivity contribution is 0.337. The number of pyridine rings is 1. The predicted octanol–water partition coefficient (Wildman–Crippen LogP) is 1.38. The summed E-state index contributed by atoms with van der Waals surface area (Å²) in [7, 11) is 2.19. The topological polar surface area (TPSA) is 45.4 Å². The zero-order valence-corrected chi connectivity index (χ0v) is 11.7. The van der Waals surface area contributed by atoms with E-state index in [-0.39, 0.29) is 0 Å². The van der Waals surface area contributed by atoms with Crippen molar-refractivity contribution in [1.29, 1.82) is 0 Å². The minimum absolute atomic E-state index is 0.483. The van der Waals surface area contributed by atoms with Crippen molar-refractivity contribution in [2.45, 2.75) is 32.9 Å². The van der Waals surface area contributed by atoms with Crippen LogP contribution in [0.5, 0.6) is 0 Å². The van der Waals surface area contributed by atoms with E-state index in [1.807, 2.05) is 12.3 Å². The molecular weight excluding hydrogens is 224 g/mol. The number of likely N-dealkylation sites (N-methyl/N-ethyl adjacent to an activating group) is 1. The number of aromatic nitrogens is 1. The first-order valence-electron chi connectivity index (χ1n) is 6.73. The van der Waals surface area contributed by atoms with Crippen LogP contribution in [0.25, 0.3) is 0 Å². The summed E-state index contributed by atoms with van der Waals surface area (Å²) in [5.74, 6) is 1.08. The average Bonchev–Trinajstić information content (AvgIpc) is 2.49. The predicted molar refractivity (Wildman–Crippen MR) is 75.8 cm³/mol. The molecule has 1 aromatic heterocycles. The molecule has 18 heavy (non-hydrogen) atoms. The minimum atomic E-state index is 0.483. The van der Waals surface area contributed by atoms with Gasteiger partial charge >= 0.3 is 0 Å². The third kappa shape index (κ3) is 2.65. The van der Waals surface area contributed by atoms with Crippen LogP contribution in [0.15, 0.2) is 12.3 Å². The molecule has 1 atom stereocenters. The molecule has 0 radical (unpaired) electrons. The lowest BCUT2D eigenvalue weighted by atomic mass is 10.1. The molecule has 4 nitrogen and oxygen atoms in total. The summed E-state index contributed by atoms with van der Waals surface area (Å²) in [5, 5.41) is 0. The molecule has 1 aliphatic heterocycles. The van der Waals surface area contributed by atoms with Gasteiger partial charge in [-0.2, -0.15) is 0 Å². The van der Waals surface area contributed by atoms with Crippen molar-refractivity contribution in [3.8, 4) is 0 Å². The van der Waals surface area contributed by atoms with E-state index in [9.17, 15) is 0 Å². The van der Waals surface area contributed by atoms with Crippen molar-refractivity contribution in [3.63, 3.8) is 0 Å². The molecule has 100 valence electrons. The number of hydrogen-bond acceptors (Lipinski definition) is 4. The number of nitrogens with two attached hydrogens (primary N) is 1. The van der Waals surface area contributed by atoms with Gasteiger partial charge in [-0.1, -0.05) is 0 Å². The summed E-state index contributed by atoms with van der Waals surface area (Å²) in [5.41, 5.74) is 8.32. The Morgan fingerprint density at radius 3 is 2.94 bits per heavy atom. The first-order chi connectivity index (χ1) is 8.63. The van der Waals surface area contributed by atoms with Crippen LogP contribution in [0.2, 0.25) is 0 Å². The van der Waals surface area contributed by atoms with E-state index in [1.54, 1.807) is 0 Å². The Morgan fingerprint density at radius 2 is 2.22 bits per heavy atom. The van der Waals surface area contributed by atoms with Crippen LogP contribution in [-0.4, -0.2) is 42.6 Å². The number of rotatable bonds is 2. The highest BCUT2D eigenvalue weighted by molar-refractivity contribution is 5.51. The van der Waals surface area contributed by atoms with Crippen LogP contribution in [0, 0.1) is 6.92 Å². The second-order valence-corrected chi connectivity index (χ2v) is 5.29. The molecule has 1 aliphatic rings. The van der Waals surface area contributed by atoms with Crippen LogP contribution in [0.1, 0.15) is 24.5 Å². The van der Waals surface area contributed by atoms with Crippen LogP contribution < -0.4 is 10.6 Å². The molecule has 2 N–H and O–H groups in total. The Kier molecular flexibility index (Phi) is 4.19. The first kappa shape index (κ1) is 13.3. The fraction of sp³-hybridized carbons (Fsp3) is 0.643. The standard InChI is InChI=1S/C14H24N4/c1-11-5-6-16-14(13(11)9-15)18-8-4-7-17(3)10-12(18)2/h5-6,12H,4,7-10,15H2,1-3H3. The van der Waals surface area contributed by atoms with Crippen molar-refractivity contribution < 1.29 is 0 Å². The van der Waals surface area contributed by atoms with Crippen molar-refractivity contribution in [2.75, 3.05) is 31.6 Å². The number of hydrogen-bond donors (Lipinski definition) is 1. The summed E-state index contributed by atoms with van der Waals surface area (Å²) in [4.78, 5) is 9.39. The Labute approximate surface area is 110 Å². The molecule has 2 rings (SSSR count). The maximum Gasteiger partial charge on any atom is 0.133 e. The van der Waals surface area contributed by atoms with Gasteiger partial charge in [-0.25, -0.2) is 4.98 Å². The summed E-state index contributed by atoms with van der Waals surface area (Å²) >= 11 is 0. The SMILES string of the molecule is Cc1ccnc(N2CCCN(C)CC2C)c1CN. The van der Waals surface area contributed by atoms with E-state index in [4.69, 9.17) is 5.73 Å². The average molecular weight is 248 g/mol. The monoisotopic (exact) mass is 248 g/mol. The van der Waals surface area contributed by atoms with Crippen molar-refractivity contribution in [2.24, 2.45) is 5.73 Å². The molecular formula is C14H24N4. The van der Waals surface area contributed by atoms with Crippen LogP contribution in [0.3, 0.4) is 0 Å². The van der Waals surface area contributed by atoms with E-state index in [0.717, 1.165) is 25.5 Å². The van der Waals surface area contributed by atoms with Crippen molar-refractivity contribution >= 4 is 5.82 Å². The van der Waals surface area contributed by atoms with E-state index >= 15 is 0 Å². The Hall–Kier alpha value is -1.13. The highest BCUT2D eigenvalue weighted by atomic mass is 15.3. The van der Waals surface area contributed by atoms with E-state index in [1.165, 1.54) is 17.5 Å². The molecule has 0 spiro atoms. The van der Waals surface area contributed by atoms with Gasteiger partial charge in [-0.15, -0.1) is 0 Å². The maximum atomic E-state index is 5.89. The van der Waals surface area contributed by atoms with Gasteiger partial charge in [0.2, 0.25) is 0 Å². The summed E-state index contributed by atoms with van der Waals surface area (Å²) in [6, 6.07) is 2.53. The Morgan fingerprint density at radius 1 is 1.44 bits per heavy atom. The van der Waals surface area contributed by atoms with Gasteiger partial charge in [0.1, 0.15) is 5.82 Å². The van der Waals surface area contributed by atoms with Gasteiger partial charge in [0.25, 0.3) is 0 Å². The van der Waals surface area contributed by atoms with E-state index in [0.29, 0.717) is 12.6 Å². The molecule has 0 aliphatic carbocycles. The normalized spacial score (nSPS) is 22.0. The molecule has 0 bridgehead atoms. The Bertz CT molecular complexity index is 405. The zero-order valence-electron chi connectivity index (χ0n) is 11.7. The lowest BCUT2D eigenvalue weighted by Gasteiger charge is -2.31. The third-order valence-corrected chi connectivity index (χ3v) is 3.79. The van der Waals surface area contributed by atoms with Gasteiger partial charge in [-0.3, -0.25) is 0 Å². The van der Waals surface area contributed by atoms with Gasteiger partial charge in [0, 0.05) is 37.4 Å². The molecule has 1 fully saturated rings. The molecule has 0 amide bonds. The maximum absolute atomic E-state index is 5.89. The van der Waals surface area contributed by atoms with E-state index in [2.05, 4.69) is 35.7 Å². The van der Waals surface area contributed by atoms with Crippen LogP contribution in [0.4, 0.5) is 5.82 Å². The van der Waals surface area contributed by atoms with E-state index < -0.39 is 0 Å². The second-order valence-electron chi connectivity index (χ2n) is 5.29. The number of nitrogens with zero attached hydrogens (tertiary/aromatic N) is 3. The quantitative estimate of drug-likeness (QED) is 0.859. The smallest absolute Gasteiger partial charge is 0.133 e. The van der Waals surface area contributed by atoms with Gasteiger partial charge < -0.3 is 15.5 Å². The lowest BCUT2D eigenvalue weighted by Crippen LogP contribution is -2.39. The Balaban J connectivity index is 2.32. The molecule has 1 unspecified atom stereocenters. The summed E-state index contributed by atoms with van der Waals surface area (Å²) < 4.78 is 0.